The third kappa shape index (κ3) is 3.03. The molecule has 5 heteroatoms. The summed E-state index contributed by atoms with van der Waals surface area (Å²) in [6.45, 7) is 1.90. The van der Waals surface area contributed by atoms with E-state index in [0.29, 0.717) is 23.2 Å². The number of quaternary nitrogens is 1. The largest absolute Gasteiger partial charge is 0.333 e. The molecule has 2 fully saturated rings. The minimum absolute atomic E-state index is 0.101. The SMILES string of the molecule is Cc1ccc(N2C(=O)C[C@@H]([NH2+]C3CCCCC3)C2=O)cc1Cl. The number of carbonyl (C=O) groups excluding carboxylic acids is 2. The van der Waals surface area contributed by atoms with Gasteiger partial charge in [-0.2, -0.15) is 0 Å². The van der Waals surface area contributed by atoms with Gasteiger partial charge < -0.3 is 5.32 Å². The van der Waals surface area contributed by atoms with Crippen molar-refractivity contribution in [3.05, 3.63) is 28.8 Å². The molecule has 1 aliphatic carbocycles. The molecule has 2 N–H and O–H groups in total. The van der Waals surface area contributed by atoms with E-state index in [1.165, 1.54) is 24.2 Å². The smallest absolute Gasteiger partial charge is 0.292 e. The van der Waals surface area contributed by atoms with Crippen molar-refractivity contribution in [3.8, 4) is 0 Å². The maximum atomic E-state index is 12.6. The molecule has 0 bridgehead atoms. The molecule has 3 rings (SSSR count). The second kappa shape index (κ2) is 6.39. The van der Waals surface area contributed by atoms with Crippen LogP contribution in [-0.2, 0) is 9.59 Å². The lowest BCUT2D eigenvalue weighted by Gasteiger charge is -2.22. The number of nitrogens with zero attached hydrogens (tertiary/aromatic N) is 1. The molecular weight excluding hydrogens is 300 g/mol. The number of carbonyl (C=O) groups is 2. The summed E-state index contributed by atoms with van der Waals surface area (Å²) in [5, 5.41) is 2.70. The standard InChI is InChI=1S/C17H21ClN2O2/c1-11-7-8-13(9-14(11)18)20-16(21)10-15(17(20)22)19-12-5-3-2-4-6-12/h7-9,12,15,19H,2-6,10H2,1H3/p+1/t15-/m1/s1. The van der Waals surface area contributed by atoms with Gasteiger partial charge in [-0.05, 0) is 50.3 Å². The number of hydrogen-bond acceptors (Lipinski definition) is 2. The molecule has 1 aromatic rings. The molecule has 0 radical (unpaired) electrons. The Morgan fingerprint density at radius 3 is 2.59 bits per heavy atom. The molecule has 1 atom stereocenters. The van der Waals surface area contributed by atoms with E-state index in [1.54, 1.807) is 12.1 Å². The Kier molecular flexibility index (Phi) is 4.50. The van der Waals surface area contributed by atoms with E-state index >= 15 is 0 Å². The molecule has 1 aliphatic heterocycles. The monoisotopic (exact) mass is 321 g/mol. The van der Waals surface area contributed by atoms with Crippen molar-refractivity contribution in [1.82, 2.24) is 0 Å². The van der Waals surface area contributed by atoms with Crippen LogP contribution in [0.3, 0.4) is 0 Å². The van der Waals surface area contributed by atoms with Gasteiger partial charge in [-0.15, -0.1) is 0 Å². The fourth-order valence-corrected chi connectivity index (χ4v) is 3.63. The first-order chi connectivity index (χ1) is 10.6. The summed E-state index contributed by atoms with van der Waals surface area (Å²) < 4.78 is 0. The molecule has 1 aromatic carbocycles. The first-order valence-corrected chi connectivity index (χ1v) is 8.42. The molecule has 22 heavy (non-hydrogen) atoms. The van der Waals surface area contributed by atoms with Gasteiger partial charge in [0.05, 0.1) is 18.2 Å². The summed E-state index contributed by atoms with van der Waals surface area (Å²) in [6.07, 6.45) is 6.33. The van der Waals surface area contributed by atoms with Crippen molar-refractivity contribution in [1.29, 1.82) is 0 Å². The number of halogens is 1. The maximum absolute atomic E-state index is 12.6. The highest BCUT2D eigenvalue weighted by molar-refractivity contribution is 6.32. The van der Waals surface area contributed by atoms with Crippen molar-refractivity contribution < 1.29 is 14.9 Å². The molecule has 1 saturated heterocycles. The average molecular weight is 322 g/mol. The van der Waals surface area contributed by atoms with Crippen molar-refractivity contribution in [2.75, 3.05) is 4.90 Å². The van der Waals surface area contributed by atoms with Gasteiger partial charge in [-0.1, -0.05) is 24.1 Å². The van der Waals surface area contributed by atoms with Gasteiger partial charge in [0.15, 0.2) is 6.04 Å². The number of rotatable bonds is 3. The molecule has 0 spiro atoms. The molecule has 1 saturated carbocycles. The summed E-state index contributed by atoms with van der Waals surface area (Å²) in [7, 11) is 0. The molecule has 2 amide bonds. The van der Waals surface area contributed by atoms with E-state index in [4.69, 9.17) is 11.6 Å². The summed E-state index contributed by atoms with van der Waals surface area (Å²) in [6, 6.07) is 5.55. The second-order valence-electron chi connectivity index (χ2n) is 6.40. The molecule has 4 nitrogen and oxygen atoms in total. The zero-order chi connectivity index (χ0) is 15.7. The number of hydrogen-bond donors (Lipinski definition) is 1. The number of benzene rings is 1. The van der Waals surface area contributed by atoms with Gasteiger partial charge >= 0.3 is 0 Å². The quantitative estimate of drug-likeness (QED) is 0.868. The van der Waals surface area contributed by atoms with Crippen LogP contribution in [-0.4, -0.2) is 23.9 Å². The van der Waals surface area contributed by atoms with Crippen LogP contribution >= 0.6 is 11.6 Å². The van der Waals surface area contributed by atoms with E-state index in [9.17, 15) is 9.59 Å². The van der Waals surface area contributed by atoms with Crippen molar-refractivity contribution in [2.45, 2.75) is 57.5 Å². The van der Waals surface area contributed by atoms with Crippen molar-refractivity contribution in [3.63, 3.8) is 0 Å². The lowest BCUT2D eigenvalue weighted by Crippen LogP contribution is -2.96. The maximum Gasteiger partial charge on any atom is 0.292 e. The Morgan fingerprint density at radius 1 is 1.18 bits per heavy atom. The van der Waals surface area contributed by atoms with E-state index in [0.717, 1.165) is 18.4 Å². The van der Waals surface area contributed by atoms with Crippen molar-refractivity contribution >= 4 is 29.1 Å². The van der Waals surface area contributed by atoms with Gasteiger partial charge in [0, 0.05) is 5.02 Å². The summed E-state index contributed by atoms with van der Waals surface area (Å²) in [5.41, 5.74) is 1.53. The third-order valence-electron chi connectivity index (χ3n) is 4.75. The van der Waals surface area contributed by atoms with Crippen LogP contribution in [0.2, 0.25) is 5.02 Å². The zero-order valence-corrected chi connectivity index (χ0v) is 13.6. The molecule has 0 unspecified atom stereocenters. The highest BCUT2D eigenvalue weighted by atomic mass is 35.5. The average Bonchev–Trinajstić information content (AvgIpc) is 2.78. The normalized spacial score (nSPS) is 23.4. The molecule has 2 aliphatic rings. The van der Waals surface area contributed by atoms with Gasteiger partial charge in [-0.3, -0.25) is 9.59 Å². The van der Waals surface area contributed by atoms with Crippen LogP contribution in [0.5, 0.6) is 0 Å². The Bertz CT molecular complexity index is 596. The molecular formula is C17H22ClN2O2+. The minimum atomic E-state index is -0.268. The summed E-state index contributed by atoms with van der Waals surface area (Å²) in [4.78, 5) is 26.2. The number of anilines is 1. The topological polar surface area (TPSA) is 54.0 Å². The van der Waals surface area contributed by atoms with Gasteiger partial charge in [0.25, 0.3) is 5.91 Å². The van der Waals surface area contributed by atoms with Crippen LogP contribution in [0, 0.1) is 6.92 Å². The minimum Gasteiger partial charge on any atom is -0.333 e. The van der Waals surface area contributed by atoms with Crippen LogP contribution in [0.1, 0.15) is 44.1 Å². The Balaban J connectivity index is 1.74. The summed E-state index contributed by atoms with van der Waals surface area (Å²) >= 11 is 6.12. The van der Waals surface area contributed by atoms with E-state index in [2.05, 4.69) is 5.32 Å². The fraction of sp³-hybridized carbons (Fsp3) is 0.529. The lowest BCUT2D eigenvalue weighted by molar-refractivity contribution is -0.710. The third-order valence-corrected chi connectivity index (χ3v) is 5.16. The predicted octanol–water partition coefficient (Wildman–Crippen LogP) is 2.18. The predicted molar refractivity (Wildman–Crippen MR) is 85.9 cm³/mol. The van der Waals surface area contributed by atoms with E-state index in [1.807, 2.05) is 13.0 Å². The number of imide groups is 1. The number of amides is 2. The zero-order valence-electron chi connectivity index (χ0n) is 12.8. The van der Waals surface area contributed by atoms with Gasteiger partial charge in [0.2, 0.25) is 5.91 Å². The lowest BCUT2D eigenvalue weighted by atomic mass is 9.95. The highest BCUT2D eigenvalue weighted by Crippen LogP contribution is 2.27. The molecule has 118 valence electrons. The Morgan fingerprint density at radius 2 is 1.91 bits per heavy atom. The highest BCUT2D eigenvalue weighted by Gasteiger charge is 2.43. The number of nitrogens with two attached hydrogens (primary N) is 1. The van der Waals surface area contributed by atoms with Gasteiger partial charge in [0.1, 0.15) is 0 Å². The van der Waals surface area contributed by atoms with Crippen LogP contribution in [0.15, 0.2) is 18.2 Å². The molecule has 0 aromatic heterocycles. The van der Waals surface area contributed by atoms with Crippen LogP contribution in [0.25, 0.3) is 0 Å². The van der Waals surface area contributed by atoms with Crippen LogP contribution < -0.4 is 10.2 Å². The molecule has 1 heterocycles. The fourth-order valence-electron chi connectivity index (χ4n) is 3.45. The van der Waals surface area contributed by atoms with Crippen molar-refractivity contribution in [2.24, 2.45) is 0 Å². The summed E-state index contributed by atoms with van der Waals surface area (Å²) in [5.74, 6) is -0.225. The van der Waals surface area contributed by atoms with E-state index < -0.39 is 0 Å². The van der Waals surface area contributed by atoms with Gasteiger partial charge in [-0.25, -0.2) is 4.90 Å². The van der Waals surface area contributed by atoms with E-state index in [-0.39, 0.29) is 17.9 Å². The number of aryl methyl sites for hydroxylation is 1. The first kappa shape index (κ1) is 15.5. The Labute approximate surface area is 135 Å². The van der Waals surface area contributed by atoms with Crippen LogP contribution in [0.4, 0.5) is 5.69 Å². The Hall–Kier alpha value is -1.39. The second-order valence-corrected chi connectivity index (χ2v) is 6.81. The first-order valence-electron chi connectivity index (χ1n) is 8.04.